The van der Waals surface area contributed by atoms with Gasteiger partial charge < -0.3 is 4.90 Å². The van der Waals surface area contributed by atoms with Crippen LogP contribution in [-0.2, 0) is 4.79 Å². The van der Waals surface area contributed by atoms with Crippen LogP contribution in [0.4, 0.5) is 0 Å². The molecular weight excluding hydrogens is 186 g/mol. The van der Waals surface area contributed by atoms with Gasteiger partial charge in [-0.05, 0) is 25.7 Å². The van der Waals surface area contributed by atoms with Gasteiger partial charge >= 0.3 is 0 Å². The third kappa shape index (κ3) is 2.53. The fourth-order valence-corrected chi connectivity index (χ4v) is 2.77. The Balaban J connectivity index is 1.86. The highest BCUT2D eigenvalue weighted by molar-refractivity contribution is 5.79. The highest BCUT2D eigenvalue weighted by Crippen LogP contribution is 2.30. The monoisotopic (exact) mass is 209 g/mol. The van der Waals surface area contributed by atoms with Crippen LogP contribution in [0.3, 0.4) is 0 Å². The fourth-order valence-electron chi connectivity index (χ4n) is 2.77. The van der Waals surface area contributed by atoms with E-state index in [0.717, 1.165) is 12.8 Å². The van der Waals surface area contributed by atoms with Gasteiger partial charge in [0.05, 0.1) is 0 Å². The summed E-state index contributed by atoms with van der Waals surface area (Å²) in [5.41, 5.74) is 0. The summed E-state index contributed by atoms with van der Waals surface area (Å²) in [7, 11) is 2.02. The van der Waals surface area contributed by atoms with Crippen LogP contribution in [0.25, 0.3) is 0 Å². The molecule has 0 unspecified atom stereocenters. The molecule has 2 aliphatic carbocycles. The average Bonchev–Trinajstić information content (AvgIpc) is 2.41. The Kier molecular flexibility index (Phi) is 3.66. The zero-order valence-corrected chi connectivity index (χ0v) is 9.87. The van der Waals surface area contributed by atoms with Crippen molar-refractivity contribution in [1.29, 1.82) is 0 Å². The molecule has 0 heterocycles. The fraction of sp³-hybridized carbons (Fsp3) is 0.923. The number of carbonyl (C=O) groups excluding carboxylic acids is 1. The summed E-state index contributed by atoms with van der Waals surface area (Å²) in [5, 5.41) is 0. The predicted octanol–water partition coefficient (Wildman–Crippen LogP) is 2.97. The number of hydrogen-bond acceptors (Lipinski definition) is 1. The molecule has 2 rings (SSSR count). The molecule has 2 fully saturated rings. The van der Waals surface area contributed by atoms with Gasteiger partial charge in [-0.1, -0.05) is 32.1 Å². The van der Waals surface area contributed by atoms with Crippen molar-refractivity contribution >= 4 is 5.91 Å². The van der Waals surface area contributed by atoms with Gasteiger partial charge in [-0.3, -0.25) is 4.79 Å². The number of amides is 1. The summed E-state index contributed by atoms with van der Waals surface area (Å²) in [6.07, 6.45) is 11.3. The largest absolute Gasteiger partial charge is 0.343 e. The van der Waals surface area contributed by atoms with E-state index in [1.807, 2.05) is 7.05 Å². The van der Waals surface area contributed by atoms with Gasteiger partial charge in [-0.25, -0.2) is 0 Å². The van der Waals surface area contributed by atoms with E-state index in [0.29, 0.717) is 17.9 Å². The first-order valence-corrected chi connectivity index (χ1v) is 6.55. The highest BCUT2D eigenvalue weighted by atomic mass is 16.2. The van der Waals surface area contributed by atoms with Gasteiger partial charge in [0.15, 0.2) is 0 Å². The lowest BCUT2D eigenvalue weighted by Crippen LogP contribution is -2.42. The van der Waals surface area contributed by atoms with E-state index >= 15 is 0 Å². The van der Waals surface area contributed by atoms with Crippen LogP contribution in [0.5, 0.6) is 0 Å². The minimum Gasteiger partial charge on any atom is -0.343 e. The molecule has 0 N–H and O–H groups in total. The van der Waals surface area contributed by atoms with Gasteiger partial charge in [0.2, 0.25) is 5.91 Å². The zero-order chi connectivity index (χ0) is 10.7. The van der Waals surface area contributed by atoms with E-state index in [9.17, 15) is 4.79 Å². The van der Waals surface area contributed by atoms with Crippen molar-refractivity contribution in [3.05, 3.63) is 0 Å². The van der Waals surface area contributed by atoms with Crippen LogP contribution in [0, 0.1) is 5.92 Å². The third-order valence-electron chi connectivity index (χ3n) is 4.17. The molecule has 1 amide bonds. The Bertz CT molecular complexity index is 215. The molecule has 0 atom stereocenters. The van der Waals surface area contributed by atoms with Crippen molar-refractivity contribution in [2.75, 3.05) is 7.05 Å². The minimum atomic E-state index is 0.373. The summed E-state index contributed by atoms with van der Waals surface area (Å²) in [5.74, 6) is 0.798. The van der Waals surface area contributed by atoms with E-state index in [1.165, 1.54) is 44.9 Å². The van der Waals surface area contributed by atoms with E-state index in [4.69, 9.17) is 0 Å². The van der Waals surface area contributed by atoms with Crippen LogP contribution < -0.4 is 0 Å². The molecule has 0 saturated heterocycles. The van der Waals surface area contributed by atoms with Crippen molar-refractivity contribution in [3.63, 3.8) is 0 Å². The van der Waals surface area contributed by atoms with Crippen molar-refractivity contribution < 1.29 is 4.79 Å². The second kappa shape index (κ2) is 5.00. The Morgan fingerprint density at radius 3 is 2.00 bits per heavy atom. The number of hydrogen-bond donors (Lipinski definition) is 0. The summed E-state index contributed by atoms with van der Waals surface area (Å²) in [6, 6.07) is 0.542. The van der Waals surface area contributed by atoms with Crippen molar-refractivity contribution in [1.82, 2.24) is 4.90 Å². The standard InChI is InChI=1S/C13H23NO/c1-14(13(15)11-7-6-8-11)12-9-4-2-3-5-10-12/h11-12H,2-10H2,1H3. The van der Waals surface area contributed by atoms with Crippen LogP contribution in [-0.4, -0.2) is 23.9 Å². The third-order valence-corrected chi connectivity index (χ3v) is 4.17. The van der Waals surface area contributed by atoms with E-state index < -0.39 is 0 Å². The van der Waals surface area contributed by atoms with Gasteiger partial charge in [-0.2, -0.15) is 0 Å². The molecule has 0 aromatic heterocycles. The summed E-state index contributed by atoms with van der Waals surface area (Å²) in [4.78, 5) is 14.1. The molecule has 0 bridgehead atoms. The second-order valence-corrected chi connectivity index (χ2v) is 5.22. The lowest BCUT2D eigenvalue weighted by Gasteiger charge is -2.34. The molecule has 0 aromatic rings. The molecule has 0 radical (unpaired) electrons. The summed E-state index contributed by atoms with van der Waals surface area (Å²) >= 11 is 0. The van der Waals surface area contributed by atoms with E-state index in [-0.39, 0.29) is 0 Å². The van der Waals surface area contributed by atoms with E-state index in [1.54, 1.807) is 0 Å². The molecule has 2 nitrogen and oxygen atoms in total. The lowest BCUT2D eigenvalue weighted by atomic mass is 9.84. The van der Waals surface area contributed by atoms with Gasteiger partial charge in [0, 0.05) is 19.0 Å². The molecule has 2 aliphatic rings. The van der Waals surface area contributed by atoms with Crippen LogP contribution in [0.15, 0.2) is 0 Å². The molecule has 0 aliphatic heterocycles. The Morgan fingerprint density at radius 1 is 0.933 bits per heavy atom. The molecule has 0 spiro atoms. The number of rotatable bonds is 2. The first-order valence-electron chi connectivity index (χ1n) is 6.55. The maximum Gasteiger partial charge on any atom is 0.225 e. The molecule has 86 valence electrons. The Labute approximate surface area is 93.0 Å². The smallest absolute Gasteiger partial charge is 0.225 e. The minimum absolute atomic E-state index is 0.373. The normalized spacial score (nSPS) is 24.3. The van der Waals surface area contributed by atoms with Gasteiger partial charge in [-0.15, -0.1) is 0 Å². The van der Waals surface area contributed by atoms with Crippen LogP contribution in [0.2, 0.25) is 0 Å². The molecule has 15 heavy (non-hydrogen) atoms. The quantitative estimate of drug-likeness (QED) is 0.640. The highest BCUT2D eigenvalue weighted by Gasteiger charge is 2.30. The van der Waals surface area contributed by atoms with Crippen molar-refractivity contribution in [2.24, 2.45) is 5.92 Å². The lowest BCUT2D eigenvalue weighted by molar-refractivity contribution is -0.139. The Morgan fingerprint density at radius 2 is 1.53 bits per heavy atom. The van der Waals surface area contributed by atoms with Crippen molar-refractivity contribution in [2.45, 2.75) is 63.8 Å². The Hall–Kier alpha value is -0.530. The molecule has 2 heteroatoms. The number of nitrogens with zero attached hydrogens (tertiary/aromatic N) is 1. The van der Waals surface area contributed by atoms with Crippen molar-refractivity contribution in [3.8, 4) is 0 Å². The topological polar surface area (TPSA) is 20.3 Å². The summed E-state index contributed by atoms with van der Waals surface area (Å²) in [6.45, 7) is 0. The first kappa shape index (κ1) is 11.0. The second-order valence-electron chi connectivity index (χ2n) is 5.22. The average molecular weight is 209 g/mol. The van der Waals surface area contributed by atoms with Crippen LogP contribution in [0.1, 0.15) is 57.8 Å². The maximum atomic E-state index is 12.1. The van der Waals surface area contributed by atoms with Gasteiger partial charge in [0.25, 0.3) is 0 Å². The molecule has 2 saturated carbocycles. The zero-order valence-electron chi connectivity index (χ0n) is 9.87. The SMILES string of the molecule is CN(C(=O)C1CCC1)C1CCCCCC1. The number of carbonyl (C=O) groups is 1. The van der Waals surface area contributed by atoms with Gasteiger partial charge in [0.1, 0.15) is 0 Å². The summed E-state index contributed by atoms with van der Waals surface area (Å²) < 4.78 is 0. The predicted molar refractivity (Wildman–Crippen MR) is 61.6 cm³/mol. The maximum absolute atomic E-state index is 12.1. The van der Waals surface area contributed by atoms with Crippen LogP contribution >= 0.6 is 0 Å². The van der Waals surface area contributed by atoms with E-state index in [2.05, 4.69) is 4.90 Å². The molecule has 0 aromatic carbocycles. The molecular formula is C13H23NO. The first-order chi connectivity index (χ1) is 7.29.